The number of ether oxygens (including phenoxy) is 2. The standard InChI is InChI=1S/C13H20O5/c1-3-17-11(14)9-10(12(15)18-4-2)13(16)7-5-6-8-13/h9,16H,3-8H2,1-2H3/b10-9+. The molecule has 0 amide bonds. The molecule has 0 aromatic carbocycles. The van der Waals surface area contributed by atoms with Gasteiger partial charge in [0.2, 0.25) is 0 Å². The third-order valence-corrected chi connectivity index (χ3v) is 2.98. The summed E-state index contributed by atoms with van der Waals surface area (Å²) in [5.74, 6) is -1.27. The summed E-state index contributed by atoms with van der Waals surface area (Å²) in [5, 5.41) is 10.4. The number of hydrogen-bond donors (Lipinski definition) is 1. The molecular formula is C13H20O5. The molecule has 0 spiro atoms. The van der Waals surface area contributed by atoms with Crippen molar-refractivity contribution in [3.05, 3.63) is 11.6 Å². The topological polar surface area (TPSA) is 72.8 Å². The van der Waals surface area contributed by atoms with Gasteiger partial charge < -0.3 is 14.6 Å². The van der Waals surface area contributed by atoms with E-state index in [4.69, 9.17) is 9.47 Å². The summed E-state index contributed by atoms with van der Waals surface area (Å²) < 4.78 is 9.66. The summed E-state index contributed by atoms with van der Waals surface area (Å²) in [7, 11) is 0. The van der Waals surface area contributed by atoms with Gasteiger partial charge in [0.15, 0.2) is 0 Å². The van der Waals surface area contributed by atoms with Crippen molar-refractivity contribution < 1.29 is 24.2 Å². The Morgan fingerprint density at radius 3 is 2.22 bits per heavy atom. The van der Waals surface area contributed by atoms with E-state index in [2.05, 4.69) is 0 Å². The minimum absolute atomic E-state index is 0.0142. The summed E-state index contributed by atoms with van der Waals surface area (Å²) in [6.45, 7) is 3.79. The van der Waals surface area contributed by atoms with Crippen LogP contribution in [0.4, 0.5) is 0 Å². The molecule has 0 unspecified atom stereocenters. The van der Waals surface area contributed by atoms with E-state index in [1.165, 1.54) is 0 Å². The van der Waals surface area contributed by atoms with E-state index in [0.29, 0.717) is 12.8 Å². The second-order valence-corrected chi connectivity index (χ2v) is 4.27. The predicted molar refractivity (Wildman–Crippen MR) is 64.8 cm³/mol. The third kappa shape index (κ3) is 3.57. The van der Waals surface area contributed by atoms with E-state index >= 15 is 0 Å². The SMILES string of the molecule is CCOC(=O)/C=C(\C(=O)OCC)C1(O)CCCC1. The molecule has 0 aromatic rings. The van der Waals surface area contributed by atoms with Crippen molar-refractivity contribution in [2.24, 2.45) is 0 Å². The zero-order valence-corrected chi connectivity index (χ0v) is 10.9. The summed E-state index contributed by atoms with van der Waals surface area (Å²) in [6.07, 6.45) is 3.66. The van der Waals surface area contributed by atoms with Gasteiger partial charge in [-0.15, -0.1) is 0 Å². The van der Waals surface area contributed by atoms with Crippen LogP contribution >= 0.6 is 0 Å². The number of esters is 2. The van der Waals surface area contributed by atoms with Gasteiger partial charge in [0.25, 0.3) is 0 Å². The number of carbonyl (C=O) groups is 2. The predicted octanol–water partition coefficient (Wildman–Crippen LogP) is 1.34. The van der Waals surface area contributed by atoms with Gasteiger partial charge >= 0.3 is 11.9 Å². The molecule has 0 bridgehead atoms. The van der Waals surface area contributed by atoms with Crippen LogP contribution in [0.5, 0.6) is 0 Å². The molecule has 5 nitrogen and oxygen atoms in total. The highest BCUT2D eigenvalue weighted by molar-refractivity contribution is 5.98. The van der Waals surface area contributed by atoms with Crippen molar-refractivity contribution in [1.29, 1.82) is 0 Å². The first kappa shape index (κ1) is 14.7. The molecule has 5 heteroatoms. The summed E-state index contributed by atoms with van der Waals surface area (Å²) >= 11 is 0. The summed E-state index contributed by atoms with van der Waals surface area (Å²) in [6, 6.07) is 0. The van der Waals surface area contributed by atoms with Crippen molar-refractivity contribution >= 4 is 11.9 Å². The average molecular weight is 256 g/mol. The van der Waals surface area contributed by atoms with E-state index in [0.717, 1.165) is 18.9 Å². The number of hydrogen-bond acceptors (Lipinski definition) is 5. The van der Waals surface area contributed by atoms with Gasteiger partial charge in [-0.1, -0.05) is 12.8 Å². The molecule has 1 aliphatic rings. The fourth-order valence-electron chi connectivity index (χ4n) is 2.12. The molecule has 0 aliphatic heterocycles. The van der Waals surface area contributed by atoms with Crippen LogP contribution < -0.4 is 0 Å². The first-order valence-electron chi connectivity index (χ1n) is 6.32. The second-order valence-electron chi connectivity index (χ2n) is 4.27. The Kier molecular flexibility index (Phi) is 5.34. The lowest BCUT2D eigenvalue weighted by Gasteiger charge is -2.24. The highest BCUT2D eigenvalue weighted by Gasteiger charge is 2.40. The van der Waals surface area contributed by atoms with Crippen molar-refractivity contribution in [2.45, 2.75) is 45.1 Å². The summed E-state index contributed by atoms with van der Waals surface area (Å²) in [5.41, 5.74) is -1.24. The molecule has 1 N–H and O–H groups in total. The smallest absolute Gasteiger partial charge is 0.337 e. The van der Waals surface area contributed by atoms with Crippen molar-refractivity contribution in [3.8, 4) is 0 Å². The Bertz CT molecular complexity index is 339. The van der Waals surface area contributed by atoms with Gasteiger partial charge in [-0.25, -0.2) is 9.59 Å². The molecule has 102 valence electrons. The van der Waals surface area contributed by atoms with Crippen LogP contribution in [0.15, 0.2) is 11.6 Å². The number of aliphatic hydroxyl groups is 1. The number of carbonyl (C=O) groups excluding carboxylic acids is 2. The van der Waals surface area contributed by atoms with Crippen molar-refractivity contribution in [1.82, 2.24) is 0 Å². The minimum atomic E-state index is -1.25. The van der Waals surface area contributed by atoms with Gasteiger partial charge in [0, 0.05) is 6.08 Å². The fraction of sp³-hybridized carbons (Fsp3) is 0.692. The number of rotatable bonds is 5. The Labute approximate surface area is 107 Å². The lowest BCUT2D eigenvalue weighted by atomic mass is 9.91. The summed E-state index contributed by atoms with van der Waals surface area (Å²) in [4.78, 5) is 23.3. The highest BCUT2D eigenvalue weighted by atomic mass is 16.5. The third-order valence-electron chi connectivity index (χ3n) is 2.98. The zero-order chi connectivity index (χ0) is 13.6. The van der Waals surface area contributed by atoms with Gasteiger partial charge in [-0.3, -0.25) is 0 Å². The van der Waals surface area contributed by atoms with Gasteiger partial charge in [0.1, 0.15) is 0 Å². The molecule has 1 aliphatic carbocycles. The van der Waals surface area contributed by atoms with E-state index in [-0.39, 0.29) is 18.8 Å². The van der Waals surface area contributed by atoms with Crippen LogP contribution in [0.2, 0.25) is 0 Å². The van der Waals surface area contributed by atoms with E-state index in [1.807, 2.05) is 0 Å². The molecule has 1 saturated carbocycles. The average Bonchev–Trinajstić information content (AvgIpc) is 2.74. The maximum atomic E-state index is 11.8. The van der Waals surface area contributed by atoms with Crippen molar-refractivity contribution in [2.75, 3.05) is 13.2 Å². The van der Waals surface area contributed by atoms with Crippen LogP contribution in [-0.4, -0.2) is 35.9 Å². The first-order valence-corrected chi connectivity index (χ1v) is 6.32. The Morgan fingerprint density at radius 1 is 1.17 bits per heavy atom. The van der Waals surface area contributed by atoms with Crippen molar-refractivity contribution in [3.63, 3.8) is 0 Å². The molecule has 1 rings (SSSR count). The normalized spacial score (nSPS) is 18.5. The molecule has 0 saturated heterocycles. The Morgan fingerprint density at radius 2 is 1.72 bits per heavy atom. The first-order chi connectivity index (χ1) is 8.53. The van der Waals surface area contributed by atoms with Crippen LogP contribution in [0.1, 0.15) is 39.5 Å². The molecule has 0 heterocycles. The highest BCUT2D eigenvalue weighted by Crippen LogP contribution is 2.36. The largest absolute Gasteiger partial charge is 0.463 e. The molecule has 0 atom stereocenters. The van der Waals surface area contributed by atoms with E-state index in [9.17, 15) is 14.7 Å². The second kappa shape index (κ2) is 6.54. The zero-order valence-electron chi connectivity index (χ0n) is 10.9. The van der Waals surface area contributed by atoms with Gasteiger partial charge in [-0.2, -0.15) is 0 Å². The fourth-order valence-corrected chi connectivity index (χ4v) is 2.12. The van der Waals surface area contributed by atoms with Gasteiger partial charge in [0.05, 0.1) is 24.4 Å². The molecular weight excluding hydrogens is 236 g/mol. The maximum absolute atomic E-state index is 11.8. The van der Waals surface area contributed by atoms with Crippen LogP contribution in [-0.2, 0) is 19.1 Å². The Hall–Kier alpha value is -1.36. The monoisotopic (exact) mass is 256 g/mol. The van der Waals surface area contributed by atoms with Crippen LogP contribution in [0.3, 0.4) is 0 Å². The van der Waals surface area contributed by atoms with E-state index < -0.39 is 17.5 Å². The Balaban J connectivity index is 2.94. The molecule has 0 radical (unpaired) electrons. The van der Waals surface area contributed by atoms with Crippen LogP contribution in [0.25, 0.3) is 0 Å². The quantitative estimate of drug-likeness (QED) is 0.593. The molecule has 1 fully saturated rings. The van der Waals surface area contributed by atoms with Crippen LogP contribution in [0, 0.1) is 0 Å². The van der Waals surface area contributed by atoms with E-state index in [1.54, 1.807) is 13.8 Å². The lowest BCUT2D eigenvalue weighted by molar-refractivity contribution is -0.143. The molecule has 0 aromatic heterocycles. The lowest BCUT2D eigenvalue weighted by Crippen LogP contribution is -2.33. The molecule has 18 heavy (non-hydrogen) atoms. The minimum Gasteiger partial charge on any atom is -0.463 e. The maximum Gasteiger partial charge on any atom is 0.337 e. The van der Waals surface area contributed by atoms with Gasteiger partial charge in [-0.05, 0) is 26.7 Å².